The van der Waals surface area contributed by atoms with Gasteiger partial charge in [0.2, 0.25) is 0 Å². The molecule has 0 aliphatic heterocycles. The number of hydrogen-bond acceptors (Lipinski definition) is 3. The Morgan fingerprint density at radius 1 is 1.21 bits per heavy atom. The summed E-state index contributed by atoms with van der Waals surface area (Å²) in [6, 6.07) is 7.71. The number of ether oxygens (including phenoxy) is 3. The normalized spacial score (nSPS) is 25.7. The van der Waals surface area contributed by atoms with Crippen molar-refractivity contribution < 1.29 is 14.2 Å². The molecule has 106 valence electrons. The minimum atomic E-state index is -0.0173. The summed E-state index contributed by atoms with van der Waals surface area (Å²) in [5, 5.41) is 0.0517. The minimum Gasteiger partial charge on any atom is -0.490 e. The van der Waals surface area contributed by atoms with E-state index < -0.39 is 0 Å². The summed E-state index contributed by atoms with van der Waals surface area (Å²) in [6.45, 7) is 5.39. The van der Waals surface area contributed by atoms with E-state index in [2.05, 4.69) is 6.92 Å². The average molecular weight is 285 g/mol. The smallest absolute Gasteiger partial charge is 0.161 e. The molecule has 3 nitrogen and oxygen atoms in total. The first kappa shape index (κ1) is 14.5. The Hall–Kier alpha value is -0.930. The van der Waals surface area contributed by atoms with Crippen LogP contribution in [-0.4, -0.2) is 30.8 Å². The Morgan fingerprint density at radius 2 is 1.95 bits per heavy atom. The van der Waals surface area contributed by atoms with Gasteiger partial charge in [-0.05, 0) is 25.5 Å². The molecular formula is C15H21ClO3. The molecule has 1 fully saturated rings. The van der Waals surface area contributed by atoms with Crippen molar-refractivity contribution in [3.8, 4) is 11.5 Å². The molecule has 0 N–H and O–H groups in total. The Bertz CT molecular complexity index is 397. The molecule has 1 aliphatic carbocycles. The third kappa shape index (κ3) is 3.54. The topological polar surface area (TPSA) is 27.7 Å². The van der Waals surface area contributed by atoms with Crippen LogP contribution in [-0.2, 0) is 4.74 Å². The number of rotatable bonds is 7. The fraction of sp³-hybridized carbons (Fsp3) is 0.600. The van der Waals surface area contributed by atoms with Gasteiger partial charge in [-0.2, -0.15) is 0 Å². The highest BCUT2D eigenvalue weighted by molar-refractivity contribution is 6.21. The molecular weight excluding hydrogens is 264 g/mol. The summed E-state index contributed by atoms with van der Waals surface area (Å²) in [5.74, 6) is 1.54. The van der Waals surface area contributed by atoms with E-state index in [0.717, 1.165) is 30.9 Å². The first-order valence-electron chi connectivity index (χ1n) is 6.90. The van der Waals surface area contributed by atoms with E-state index in [9.17, 15) is 0 Å². The van der Waals surface area contributed by atoms with Gasteiger partial charge in [0.25, 0.3) is 0 Å². The molecule has 1 aliphatic rings. The maximum absolute atomic E-state index is 6.18. The summed E-state index contributed by atoms with van der Waals surface area (Å²) in [7, 11) is 0. The van der Waals surface area contributed by atoms with Crippen LogP contribution in [0, 0.1) is 0 Å². The molecule has 3 unspecified atom stereocenters. The molecule has 1 aromatic carbocycles. The Morgan fingerprint density at radius 3 is 2.58 bits per heavy atom. The van der Waals surface area contributed by atoms with Gasteiger partial charge in [0.05, 0.1) is 12.0 Å². The highest BCUT2D eigenvalue weighted by atomic mass is 35.5. The number of para-hydroxylation sites is 2. The summed E-state index contributed by atoms with van der Waals surface area (Å²) in [5.41, 5.74) is 0. The van der Waals surface area contributed by atoms with E-state index in [1.165, 1.54) is 0 Å². The van der Waals surface area contributed by atoms with Gasteiger partial charge >= 0.3 is 0 Å². The van der Waals surface area contributed by atoms with E-state index in [1.807, 2.05) is 31.2 Å². The quantitative estimate of drug-likeness (QED) is 0.716. The number of halogens is 1. The second-order valence-corrected chi connectivity index (χ2v) is 5.18. The standard InChI is InChI=1S/C15H21ClO3/c1-3-9-18-15-11(16)10-14(15)19-13-8-6-5-7-12(13)17-4-2/h5-8,11,14-15H,3-4,9-10H2,1-2H3. The SMILES string of the molecule is CCCOC1C(Cl)CC1Oc1ccccc1OCC. The zero-order valence-corrected chi connectivity index (χ0v) is 12.2. The van der Waals surface area contributed by atoms with Crippen LogP contribution in [0.4, 0.5) is 0 Å². The molecule has 0 amide bonds. The van der Waals surface area contributed by atoms with E-state index in [0.29, 0.717) is 6.61 Å². The lowest BCUT2D eigenvalue weighted by Crippen LogP contribution is -2.52. The van der Waals surface area contributed by atoms with E-state index in [-0.39, 0.29) is 17.6 Å². The molecule has 3 atom stereocenters. The van der Waals surface area contributed by atoms with Gasteiger partial charge in [-0.25, -0.2) is 0 Å². The van der Waals surface area contributed by atoms with Crippen molar-refractivity contribution in [2.75, 3.05) is 13.2 Å². The van der Waals surface area contributed by atoms with Gasteiger partial charge in [0.1, 0.15) is 12.2 Å². The van der Waals surface area contributed by atoms with Gasteiger partial charge in [-0.1, -0.05) is 19.1 Å². The van der Waals surface area contributed by atoms with Gasteiger partial charge in [-0.15, -0.1) is 11.6 Å². The van der Waals surface area contributed by atoms with Crippen molar-refractivity contribution in [2.24, 2.45) is 0 Å². The third-order valence-corrected chi connectivity index (χ3v) is 3.55. The zero-order chi connectivity index (χ0) is 13.7. The van der Waals surface area contributed by atoms with Crippen molar-refractivity contribution in [2.45, 2.75) is 44.3 Å². The van der Waals surface area contributed by atoms with Crippen molar-refractivity contribution in [1.29, 1.82) is 0 Å². The molecule has 19 heavy (non-hydrogen) atoms. The van der Waals surface area contributed by atoms with Crippen molar-refractivity contribution in [1.82, 2.24) is 0 Å². The minimum absolute atomic E-state index is 0.0173. The monoisotopic (exact) mass is 284 g/mol. The lowest BCUT2D eigenvalue weighted by atomic mass is 9.91. The van der Waals surface area contributed by atoms with E-state index >= 15 is 0 Å². The maximum Gasteiger partial charge on any atom is 0.161 e. The molecule has 1 aromatic rings. The van der Waals surface area contributed by atoms with E-state index in [4.69, 9.17) is 25.8 Å². The lowest BCUT2D eigenvalue weighted by molar-refractivity contribution is -0.0804. The molecule has 0 aromatic heterocycles. The van der Waals surface area contributed by atoms with E-state index in [1.54, 1.807) is 0 Å². The molecule has 0 saturated heterocycles. The van der Waals surface area contributed by atoms with Crippen molar-refractivity contribution in [3.05, 3.63) is 24.3 Å². The van der Waals surface area contributed by atoms with Gasteiger partial charge in [-0.3, -0.25) is 0 Å². The van der Waals surface area contributed by atoms with Crippen LogP contribution in [0.25, 0.3) is 0 Å². The Kier molecular flexibility index (Phi) is 5.34. The Balaban J connectivity index is 1.97. The molecule has 0 radical (unpaired) electrons. The van der Waals surface area contributed by atoms with Crippen LogP contribution in [0.3, 0.4) is 0 Å². The summed E-state index contributed by atoms with van der Waals surface area (Å²) in [4.78, 5) is 0. The molecule has 1 saturated carbocycles. The van der Waals surface area contributed by atoms with Crippen LogP contribution in [0.1, 0.15) is 26.7 Å². The second-order valence-electron chi connectivity index (χ2n) is 4.62. The van der Waals surface area contributed by atoms with Gasteiger partial charge < -0.3 is 14.2 Å². The molecule has 0 heterocycles. The summed E-state index contributed by atoms with van der Waals surface area (Å²) >= 11 is 6.18. The predicted molar refractivity (Wildman–Crippen MR) is 76.3 cm³/mol. The highest BCUT2D eigenvalue weighted by Gasteiger charge is 2.43. The van der Waals surface area contributed by atoms with Crippen LogP contribution in [0.5, 0.6) is 11.5 Å². The van der Waals surface area contributed by atoms with Crippen LogP contribution in [0.2, 0.25) is 0 Å². The number of benzene rings is 1. The number of hydrogen-bond donors (Lipinski definition) is 0. The summed E-state index contributed by atoms with van der Waals surface area (Å²) in [6.07, 6.45) is 1.81. The lowest BCUT2D eigenvalue weighted by Gasteiger charge is -2.40. The predicted octanol–water partition coefficient (Wildman–Crippen LogP) is 3.64. The third-order valence-electron chi connectivity index (χ3n) is 3.12. The first-order valence-corrected chi connectivity index (χ1v) is 7.34. The molecule has 2 rings (SSSR count). The molecule has 4 heteroatoms. The van der Waals surface area contributed by atoms with Crippen molar-refractivity contribution in [3.63, 3.8) is 0 Å². The number of alkyl halides is 1. The zero-order valence-electron chi connectivity index (χ0n) is 11.5. The van der Waals surface area contributed by atoms with Crippen molar-refractivity contribution >= 4 is 11.6 Å². The highest BCUT2D eigenvalue weighted by Crippen LogP contribution is 2.36. The first-order chi connectivity index (χ1) is 9.26. The largest absolute Gasteiger partial charge is 0.490 e. The van der Waals surface area contributed by atoms with Crippen LogP contribution in [0.15, 0.2) is 24.3 Å². The molecule has 0 spiro atoms. The summed E-state index contributed by atoms with van der Waals surface area (Å²) < 4.78 is 17.3. The fourth-order valence-electron chi connectivity index (χ4n) is 2.09. The van der Waals surface area contributed by atoms with Gasteiger partial charge in [0.15, 0.2) is 11.5 Å². The maximum atomic E-state index is 6.18. The van der Waals surface area contributed by atoms with Crippen LogP contribution >= 0.6 is 11.6 Å². The average Bonchev–Trinajstić information content (AvgIpc) is 2.41. The Labute approximate surface area is 119 Å². The van der Waals surface area contributed by atoms with Crippen LogP contribution < -0.4 is 9.47 Å². The second kappa shape index (κ2) is 7.01. The molecule has 0 bridgehead atoms. The van der Waals surface area contributed by atoms with Gasteiger partial charge in [0, 0.05) is 13.0 Å². The fourth-order valence-corrected chi connectivity index (χ4v) is 2.50.